The number of allylic oxidation sites excluding steroid dienone is 4. The van der Waals surface area contributed by atoms with Crippen molar-refractivity contribution in [1.82, 2.24) is 0 Å². The molecule has 0 bridgehead atoms. The van der Waals surface area contributed by atoms with Crippen LogP contribution in [0.5, 0.6) is 11.5 Å². The lowest BCUT2D eigenvalue weighted by molar-refractivity contribution is 0.353. The molecule has 0 aliphatic heterocycles. The Labute approximate surface area is 149 Å². The van der Waals surface area contributed by atoms with Crippen molar-refractivity contribution in [3.63, 3.8) is 0 Å². The Morgan fingerprint density at radius 1 is 1.12 bits per heavy atom. The van der Waals surface area contributed by atoms with Gasteiger partial charge in [0, 0.05) is 12.3 Å². The standard InChI is InChI=1S/C21H22N2O2/c1-24-19-10-9-15(12-20(19)25-2)16-7-5-11-21(13-22,14-23)18-8-4-3-6-17(16)18/h5,7-10,12,16-17H,3-4,6,11H2,1-2H3/t16?,17-/m0/s1. The Bertz CT molecular complexity index is 781. The average Bonchev–Trinajstić information content (AvgIpc) is 2.84. The van der Waals surface area contributed by atoms with Crippen LogP contribution in [0.2, 0.25) is 0 Å². The first-order chi connectivity index (χ1) is 12.2. The SMILES string of the molecule is COc1ccc(C2C=CCC(C#N)(C#N)C3=CCCC[C@H]32)cc1OC. The average molecular weight is 334 g/mol. The maximum absolute atomic E-state index is 9.73. The highest BCUT2D eigenvalue weighted by Gasteiger charge is 2.43. The van der Waals surface area contributed by atoms with Crippen molar-refractivity contribution in [2.24, 2.45) is 11.3 Å². The van der Waals surface area contributed by atoms with Gasteiger partial charge in [-0.05, 0) is 48.4 Å². The number of nitrogens with zero attached hydrogens (tertiary/aromatic N) is 2. The van der Waals surface area contributed by atoms with Crippen molar-refractivity contribution in [3.8, 4) is 23.6 Å². The Hall–Kier alpha value is -2.72. The second kappa shape index (κ2) is 7.03. The van der Waals surface area contributed by atoms with Crippen molar-refractivity contribution in [2.75, 3.05) is 14.2 Å². The third kappa shape index (κ3) is 2.89. The molecule has 1 unspecified atom stereocenters. The molecule has 0 aromatic heterocycles. The summed E-state index contributed by atoms with van der Waals surface area (Å²) in [7, 11) is 3.26. The van der Waals surface area contributed by atoms with E-state index >= 15 is 0 Å². The highest BCUT2D eigenvalue weighted by Crippen LogP contribution is 2.49. The van der Waals surface area contributed by atoms with Crippen LogP contribution in [-0.2, 0) is 0 Å². The third-order valence-electron chi connectivity index (χ3n) is 5.35. The van der Waals surface area contributed by atoms with Crippen LogP contribution in [0, 0.1) is 34.0 Å². The first kappa shape index (κ1) is 17.1. The minimum Gasteiger partial charge on any atom is -0.493 e. The summed E-state index contributed by atoms with van der Waals surface area (Å²) in [5.41, 5.74) is 1.08. The Morgan fingerprint density at radius 3 is 2.56 bits per heavy atom. The minimum absolute atomic E-state index is 0.134. The van der Waals surface area contributed by atoms with E-state index < -0.39 is 5.41 Å². The number of ether oxygens (including phenoxy) is 2. The molecule has 0 radical (unpaired) electrons. The van der Waals surface area contributed by atoms with Gasteiger partial charge in [-0.15, -0.1) is 0 Å². The Kier molecular flexibility index (Phi) is 4.81. The van der Waals surface area contributed by atoms with Gasteiger partial charge in [0.15, 0.2) is 16.9 Å². The van der Waals surface area contributed by atoms with E-state index in [0.29, 0.717) is 17.9 Å². The maximum Gasteiger partial charge on any atom is 0.168 e. The summed E-state index contributed by atoms with van der Waals surface area (Å²) in [6.45, 7) is 0. The monoisotopic (exact) mass is 334 g/mol. The number of hydrogen-bond acceptors (Lipinski definition) is 4. The molecular weight excluding hydrogens is 312 g/mol. The van der Waals surface area contributed by atoms with Crippen molar-refractivity contribution in [2.45, 2.75) is 31.6 Å². The van der Waals surface area contributed by atoms with Crippen molar-refractivity contribution < 1.29 is 9.47 Å². The van der Waals surface area contributed by atoms with Gasteiger partial charge in [-0.3, -0.25) is 0 Å². The molecule has 25 heavy (non-hydrogen) atoms. The second-order valence-electron chi connectivity index (χ2n) is 6.60. The molecule has 1 aromatic carbocycles. The highest BCUT2D eigenvalue weighted by atomic mass is 16.5. The normalized spacial score (nSPS) is 24.1. The molecule has 0 spiro atoms. The van der Waals surface area contributed by atoms with E-state index in [1.165, 1.54) is 0 Å². The second-order valence-corrected chi connectivity index (χ2v) is 6.60. The molecule has 1 aromatic rings. The van der Waals surface area contributed by atoms with Gasteiger partial charge in [0.1, 0.15) is 0 Å². The zero-order valence-electron chi connectivity index (χ0n) is 14.7. The van der Waals surface area contributed by atoms with Gasteiger partial charge < -0.3 is 9.47 Å². The van der Waals surface area contributed by atoms with Gasteiger partial charge in [0.2, 0.25) is 0 Å². The molecule has 0 amide bonds. The number of rotatable bonds is 3. The highest BCUT2D eigenvalue weighted by molar-refractivity contribution is 5.48. The zero-order chi connectivity index (χ0) is 17.9. The maximum atomic E-state index is 9.73. The largest absolute Gasteiger partial charge is 0.493 e. The van der Waals surface area contributed by atoms with E-state index in [0.717, 1.165) is 30.4 Å². The van der Waals surface area contributed by atoms with Crippen LogP contribution >= 0.6 is 0 Å². The molecule has 2 aliphatic rings. The van der Waals surface area contributed by atoms with E-state index in [2.05, 4.69) is 24.3 Å². The van der Waals surface area contributed by atoms with E-state index in [9.17, 15) is 10.5 Å². The topological polar surface area (TPSA) is 66.0 Å². The van der Waals surface area contributed by atoms with Crippen molar-refractivity contribution >= 4 is 0 Å². The molecule has 0 saturated heterocycles. The Morgan fingerprint density at radius 2 is 1.88 bits per heavy atom. The number of methoxy groups -OCH3 is 2. The van der Waals surface area contributed by atoms with Crippen LogP contribution in [0.15, 0.2) is 42.0 Å². The molecule has 4 nitrogen and oxygen atoms in total. The molecular formula is C21H22N2O2. The van der Waals surface area contributed by atoms with Crippen molar-refractivity contribution in [3.05, 3.63) is 47.6 Å². The quantitative estimate of drug-likeness (QED) is 0.763. The smallest absolute Gasteiger partial charge is 0.168 e. The van der Waals surface area contributed by atoms with E-state index in [1.54, 1.807) is 14.2 Å². The van der Waals surface area contributed by atoms with E-state index in [4.69, 9.17) is 9.47 Å². The molecule has 4 heteroatoms. The Balaban J connectivity index is 2.07. The predicted molar refractivity (Wildman–Crippen MR) is 95.1 cm³/mol. The van der Waals surface area contributed by atoms with Crippen molar-refractivity contribution in [1.29, 1.82) is 10.5 Å². The van der Waals surface area contributed by atoms with Crippen LogP contribution < -0.4 is 9.47 Å². The summed E-state index contributed by atoms with van der Waals surface area (Å²) in [5, 5.41) is 19.5. The van der Waals surface area contributed by atoms with Crippen LogP contribution in [0.1, 0.15) is 37.2 Å². The summed E-state index contributed by atoms with van der Waals surface area (Å²) in [4.78, 5) is 0. The van der Waals surface area contributed by atoms with Crippen LogP contribution in [-0.4, -0.2) is 14.2 Å². The minimum atomic E-state index is -1.03. The van der Waals surface area contributed by atoms with Crippen LogP contribution in [0.25, 0.3) is 0 Å². The summed E-state index contributed by atoms with van der Waals surface area (Å²) < 4.78 is 10.8. The predicted octanol–water partition coefficient (Wildman–Crippen LogP) is 4.51. The van der Waals surface area contributed by atoms with E-state index in [-0.39, 0.29) is 11.8 Å². The van der Waals surface area contributed by atoms with Gasteiger partial charge in [-0.1, -0.05) is 24.3 Å². The lowest BCUT2D eigenvalue weighted by Crippen LogP contribution is -2.27. The fourth-order valence-corrected chi connectivity index (χ4v) is 4.06. The number of benzene rings is 1. The summed E-state index contributed by atoms with van der Waals surface area (Å²) in [5.74, 6) is 1.71. The molecule has 2 atom stereocenters. The lowest BCUT2D eigenvalue weighted by atomic mass is 9.67. The number of hydrogen-bond donors (Lipinski definition) is 0. The molecule has 128 valence electrons. The number of fused-ring (bicyclic) bond motifs is 1. The van der Waals surface area contributed by atoms with Crippen LogP contribution in [0.4, 0.5) is 0 Å². The van der Waals surface area contributed by atoms with Gasteiger partial charge in [0.05, 0.1) is 26.4 Å². The van der Waals surface area contributed by atoms with Gasteiger partial charge in [-0.2, -0.15) is 10.5 Å². The summed E-state index contributed by atoms with van der Waals surface area (Å²) in [6.07, 6.45) is 9.73. The fraction of sp³-hybridized carbons (Fsp3) is 0.429. The lowest BCUT2D eigenvalue weighted by Gasteiger charge is -2.34. The molecule has 3 rings (SSSR count). The summed E-state index contributed by atoms with van der Waals surface area (Å²) in [6, 6.07) is 10.6. The zero-order valence-corrected chi connectivity index (χ0v) is 14.7. The first-order valence-electron chi connectivity index (χ1n) is 8.60. The van der Waals surface area contributed by atoms with Crippen LogP contribution in [0.3, 0.4) is 0 Å². The first-order valence-corrected chi connectivity index (χ1v) is 8.60. The molecule has 0 saturated carbocycles. The molecule has 0 fully saturated rings. The molecule has 0 heterocycles. The third-order valence-corrected chi connectivity index (χ3v) is 5.35. The van der Waals surface area contributed by atoms with Gasteiger partial charge in [0.25, 0.3) is 0 Å². The molecule has 2 aliphatic carbocycles. The van der Waals surface area contributed by atoms with Gasteiger partial charge >= 0.3 is 0 Å². The van der Waals surface area contributed by atoms with Gasteiger partial charge in [-0.25, -0.2) is 0 Å². The number of nitriles is 2. The van der Waals surface area contributed by atoms with E-state index in [1.807, 2.05) is 24.3 Å². The molecule has 0 N–H and O–H groups in total. The summed E-state index contributed by atoms with van der Waals surface area (Å²) >= 11 is 0. The fourth-order valence-electron chi connectivity index (χ4n) is 4.06.